The van der Waals surface area contributed by atoms with Gasteiger partial charge >= 0.3 is 5.97 Å². The largest absolute Gasteiger partial charge is 0.456 e. The van der Waals surface area contributed by atoms with E-state index in [1.54, 1.807) is 13.8 Å². The van der Waals surface area contributed by atoms with Gasteiger partial charge in [-0.25, -0.2) is 0 Å². The third-order valence-electron chi connectivity index (χ3n) is 4.66. The van der Waals surface area contributed by atoms with Crippen LogP contribution < -0.4 is 0 Å². The Hall–Kier alpha value is -0.930. The average molecular weight is 412 g/mol. The summed E-state index contributed by atoms with van der Waals surface area (Å²) >= 11 is 0. The van der Waals surface area contributed by atoms with Crippen molar-refractivity contribution in [3.05, 3.63) is 0 Å². The molecule has 28 heavy (non-hydrogen) atoms. The Kier molecular flexibility index (Phi) is 8.10. The highest BCUT2D eigenvalue weighted by molar-refractivity contribution is 5.71. The van der Waals surface area contributed by atoms with Gasteiger partial charge in [0, 0.05) is 0 Å². The quantitative estimate of drug-likeness (QED) is 0.208. The van der Waals surface area contributed by atoms with Crippen LogP contribution in [0.25, 0.3) is 0 Å². The molecule has 12 heteroatoms. The zero-order valence-electron chi connectivity index (χ0n) is 15.4. The topological polar surface area (TPSA) is 196 Å². The van der Waals surface area contributed by atoms with Crippen molar-refractivity contribution in [2.24, 2.45) is 5.92 Å². The standard InChI is InChI=1S/C16H28O12/c1-5(2)14(24)27-13-9(20)7(4-18)26-16(12(13)23)28-15-11(22)10(21)8(19)6(3-17)25-15/h5-13,15-23H,3-4H2,1-2H3/t6-,7-,8-,9-,10+,11-,12-,13+,15-,16-/m0/s1. The summed E-state index contributed by atoms with van der Waals surface area (Å²) in [5, 5.41) is 68.9. The minimum atomic E-state index is -1.76. The summed E-state index contributed by atoms with van der Waals surface area (Å²) in [6, 6.07) is 0. The molecule has 0 radical (unpaired) electrons. The number of carbonyl (C=O) groups excluding carboxylic acids is 1. The Morgan fingerprint density at radius 2 is 1.32 bits per heavy atom. The molecule has 0 aliphatic carbocycles. The summed E-state index contributed by atoms with van der Waals surface area (Å²) in [6.07, 6.45) is -15.7. The number of aliphatic hydroxyl groups excluding tert-OH is 7. The summed E-state index contributed by atoms with van der Waals surface area (Å²) in [6.45, 7) is 1.71. The predicted molar refractivity (Wildman–Crippen MR) is 87.3 cm³/mol. The van der Waals surface area contributed by atoms with E-state index in [-0.39, 0.29) is 0 Å². The SMILES string of the molecule is CC(C)C(=O)O[C@H]1[C@H](O)[C@H](O[C@@H]2O[C@@H](CO)[C@H](O)[C@@H](O)[C@@H]2O)O[C@@H](CO)[C@@H]1O. The highest BCUT2D eigenvalue weighted by Crippen LogP contribution is 2.29. The highest BCUT2D eigenvalue weighted by Gasteiger charge is 2.51. The minimum Gasteiger partial charge on any atom is -0.456 e. The van der Waals surface area contributed by atoms with Crippen molar-refractivity contribution in [3.8, 4) is 0 Å². The smallest absolute Gasteiger partial charge is 0.308 e. The van der Waals surface area contributed by atoms with Crippen molar-refractivity contribution in [3.63, 3.8) is 0 Å². The van der Waals surface area contributed by atoms with Gasteiger partial charge in [0.15, 0.2) is 18.7 Å². The van der Waals surface area contributed by atoms with Crippen LogP contribution >= 0.6 is 0 Å². The average Bonchev–Trinajstić information content (AvgIpc) is 2.67. The summed E-state index contributed by atoms with van der Waals surface area (Å²) < 4.78 is 20.8. The van der Waals surface area contributed by atoms with Gasteiger partial charge in [-0.05, 0) is 0 Å². The second-order valence-electron chi connectivity index (χ2n) is 7.10. The molecule has 12 nitrogen and oxygen atoms in total. The molecule has 0 amide bonds. The molecular formula is C16H28O12. The fourth-order valence-corrected chi connectivity index (χ4v) is 2.89. The molecule has 0 aromatic heterocycles. The second-order valence-corrected chi connectivity index (χ2v) is 7.10. The molecule has 2 fully saturated rings. The molecule has 2 saturated heterocycles. The van der Waals surface area contributed by atoms with E-state index < -0.39 is 86.5 Å². The molecule has 2 aliphatic rings. The summed E-state index contributed by atoms with van der Waals surface area (Å²) in [5.74, 6) is -1.27. The molecule has 2 aliphatic heterocycles. The molecule has 0 bridgehead atoms. The Morgan fingerprint density at radius 1 is 0.821 bits per heavy atom. The van der Waals surface area contributed by atoms with Gasteiger partial charge in [-0.1, -0.05) is 13.8 Å². The van der Waals surface area contributed by atoms with E-state index in [1.807, 2.05) is 0 Å². The van der Waals surface area contributed by atoms with E-state index in [2.05, 4.69) is 0 Å². The lowest BCUT2D eigenvalue weighted by atomic mass is 9.97. The van der Waals surface area contributed by atoms with Gasteiger partial charge < -0.3 is 54.7 Å². The summed E-state index contributed by atoms with van der Waals surface area (Å²) in [4.78, 5) is 11.9. The lowest BCUT2D eigenvalue weighted by Crippen LogP contribution is -2.64. The van der Waals surface area contributed by atoms with Crippen LogP contribution in [-0.4, -0.2) is 116 Å². The number of hydrogen-bond donors (Lipinski definition) is 7. The van der Waals surface area contributed by atoms with Gasteiger partial charge in [-0.15, -0.1) is 0 Å². The van der Waals surface area contributed by atoms with E-state index in [1.165, 1.54) is 0 Å². The van der Waals surface area contributed by atoms with E-state index in [0.717, 1.165) is 0 Å². The number of hydrogen-bond acceptors (Lipinski definition) is 12. The van der Waals surface area contributed by atoms with E-state index in [4.69, 9.17) is 18.9 Å². The maximum atomic E-state index is 11.9. The third-order valence-corrected chi connectivity index (χ3v) is 4.66. The molecule has 2 rings (SSSR count). The second kappa shape index (κ2) is 9.71. The number of esters is 1. The zero-order valence-corrected chi connectivity index (χ0v) is 15.4. The first-order valence-electron chi connectivity index (χ1n) is 8.91. The lowest BCUT2D eigenvalue weighted by molar-refractivity contribution is -0.376. The maximum absolute atomic E-state index is 11.9. The first kappa shape index (κ1) is 23.3. The number of ether oxygens (including phenoxy) is 4. The van der Waals surface area contributed by atoms with Crippen LogP contribution in [0.2, 0.25) is 0 Å². The molecule has 164 valence electrons. The Labute approximate surface area is 160 Å². The van der Waals surface area contributed by atoms with Crippen LogP contribution in [0, 0.1) is 5.92 Å². The van der Waals surface area contributed by atoms with Crippen LogP contribution in [0.1, 0.15) is 13.8 Å². The third kappa shape index (κ3) is 4.79. The van der Waals surface area contributed by atoms with E-state index in [9.17, 15) is 40.5 Å². The molecule has 0 spiro atoms. The number of aliphatic hydroxyl groups is 7. The maximum Gasteiger partial charge on any atom is 0.308 e. The molecule has 2 heterocycles. The summed E-state index contributed by atoms with van der Waals surface area (Å²) in [7, 11) is 0. The minimum absolute atomic E-state index is 0.556. The van der Waals surface area contributed by atoms with Crippen molar-refractivity contribution in [1.82, 2.24) is 0 Å². The van der Waals surface area contributed by atoms with Crippen molar-refractivity contribution in [2.45, 2.75) is 75.3 Å². The molecule has 0 aromatic rings. The van der Waals surface area contributed by atoms with Crippen molar-refractivity contribution in [2.75, 3.05) is 13.2 Å². The van der Waals surface area contributed by atoms with Crippen molar-refractivity contribution >= 4 is 5.97 Å². The van der Waals surface area contributed by atoms with Crippen LogP contribution in [-0.2, 0) is 23.7 Å². The molecule has 7 N–H and O–H groups in total. The number of carbonyl (C=O) groups is 1. The van der Waals surface area contributed by atoms with Crippen molar-refractivity contribution in [1.29, 1.82) is 0 Å². The molecular weight excluding hydrogens is 384 g/mol. The van der Waals surface area contributed by atoms with Gasteiger partial charge in [-0.3, -0.25) is 4.79 Å². The lowest BCUT2D eigenvalue weighted by Gasteiger charge is -2.45. The summed E-state index contributed by atoms with van der Waals surface area (Å²) in [5.41, 5.74) is 0. The fourth-order valence-electron chi connectivity index (χ4n) is 2.89. The van der Waals surface area contributed by atoms with Gasteiger partial charge in [0.2, 0.25) is 0 Å². The van der Waals surface area contributed by atoms with Gasteiger partial charge in [0.25, 0.3) is 0 Å². The molecule has 0 aromatic carbocycles. The Balaban J connectivity index is 2.15. The first-order valence-corrected chi connectivity index (χ1v) is 8.91. The van der Waals surface area contributed by atoms with Crippen LogP contribution in [0.3, 0.4) is 0 Å². The van der Waals surface area contributed by atoms with Gasteiger partial charge in [0.1, 0.15) is 42.7 Å². The zero-order chi connectivity index (χ0) is 21.2. The van der Waals surface area contributed by atoms with E-state index >= 15 is 0 Å². The van der Waals surface area contributed by atoms with Gasteiger partial charge in [0.05, 0.1) is 19.1 Å². The monoisotopic (exact) mass is 412 g/mol. The van der Waals surface area contributed by atoms with Crippen LogP contribution in [0.15, 0.2) is 0 Å². The first-order chi connectivity index (χ1) is 13.1. The predicted octanol–water partition coefficient (Wildman–Crippen LogP) is -4.19. The van der Waals surface area contributed by atoms with E-state index in [0.29, 0.717) is 0 Å². The number of rotatable bonds is 6. The molecule has 0 unspecified atom stereocenters. The Morgan fingerprint density at radius 3 is 1.82 bits per heavy atom. The normalized spacial score (nSPS) is 44.5. The fraction of sp³-hybridized carbons (Fsp3) is 0.938. The van der Waals surface area contributed by atoms with Crippen molar-refractivity contribution < 1.29 is 59.5 Å². The van der Waals surface area contributed by atoms with Crippen LogP contribution in [0.4, 0.5) is 0 Å². The molecule has 10 atom stereocenters. The van der Waals surface area contributed by atoms with Gasteiger partial charge in [-0.2, -0.15) is 0 Å². The Bertz CT molecular complexity index is 514. The highest BCUT2D eigenvalue weighted by atomic mass is 16.8. The molecule has 0 saturated carbocycles. The van der Waals surface area contributed by atoms with Crippen LogP contribution in [0.5, 0.6) is 0 Å².